The lowest BCUT2D eigenvalue weighted by Gasteiger charge is -2.35. The van der Waals surface area contributed by atoms with Gasteiger partial charge in [0.15, 0.2) is 0 Å². The van der Waals surface area contributed by atoms with Gasteiger partial charge in [0.2, 0.25) is 0 Å². The van der Waals surface area contributed by atoms with Crippen molar-refractivity contribution in [3.63, 3.8) is 0 Å². The molecule has 0 aromatic carbocycles. The van der Waals surface area contributed by atoms with Gasteiger partial charge in [-0.15, -0.1) is 0 Å². The van der Waals surface area contributed by atoms with Crippen molar-refractivity contribution >= 4 is 31.9 Å². The van der Waals surface area contributed by atoms with Gasteiger partial charge >= 0.3 is 0 Å². The van der Waals surface area contributed by atoms with E-state index in [0.29, 0.717) is 10.9 Å². The Morgan fingerprint density at radius 2 is 2.12 bits per heavy atom. The van der Waals surface area contributed by atoms with Crippen molar-refractivity contribution in [2.45, 2.75) is 43.1 Å². The van der Waals surface area contributed by atoms with Gasteiger partial charge < -0.3 is 0 Å². The van der Waals surface area contributed by atoms with E-state index >= 15 is 0 Å². The van der Waals surface area contributed by atoms with Crippen LogP contribution in [0.3, 0.4) is 0 Å². The lowest BCUT2D eigenvalue weighted by atomic mass is 9.94. The maximum absolute atomic E-state index is 4.22. The summed E-state index contributed by atoms with van der Waals surface area (Å²) in [4.78, 5) is 7.30. The molecule has 17 heavy (non-hydrogen) atoms. The second-order valence-electron chi connectivity index (χ2n) is 4.79. The molecule has 0 bridgehead atoms. The summed E-state index contributed by atoms with van der Waals surface area (Å²) in [7, 11) is 2.21. The van der Waals surface area contributed by atoms with Crippen LogP contribution in [0.2, 0.25) is 0 Å². The zero-order chi connectivity index (χ0) is 12.3. The Hall–Kier alpha value is 0.0700. The Bertz CT molecular complexity index is 370. The van der Waals surface area contributed by atoms with Crippen LogP contribution in [0.5, 0.6) is 0 Å². The van der Waals surface area contributed by atoms with E-state index in [1.807, 2.05) is 12.4 Å². The molecule has 2 nitrogen and oxygen atoms in total. The number of hydrogen-bond acceptors (Lipinski definition) is 2. The topological polar surface area (TPSA) is 16.1 Å². The Labute approximate surface area is 120 Å². The van der Waals surface area contributed by atoms with Crippen LogP contribution < -0.4 is 0 Å². The second-order valence-corrected chi connectivity index (χ2v) is 6.89. The van der Waals surface area contributed by atoms with E-state index in [4.69, 9.17) is 0 Å². The van der Waals surface area contributed by atoms with E-state index in [2.05, 4.69) is 54.9 Å². The lowest BCUT2D eigenvalue weighted by molar-refractivity contribution is 0.193. The van der Waals surface area contributed by atoms with Crippen LogP contribution in [-0.4, -0.2) is 27.8 Å². The molecule has 1 aliphatic carbocycles. The van der Waals surface area contributed by atoms with Gasteiger partial charge in [-0.1, -0.05) is 28.8 Å². The standard InChI is InChI=1S/C13H18Br2N2/c1-17(13-5-3-2-4-12(13)15)9-10-6-11(14)8-16-7-10/h6-8,12-13H,2-5,9H2,1H3. The predicted octanol–water partition coefficient (Wildman–Crippen LogP) is 3.98. The molecular formula is C13H18Br2N2. The molecule has 1 fully saturated rings. The smallest absolute Gasteiger partial charge is 0.0410 e. The highest BCUT2D eigenvalue weighted by Gasteiger charge is 2.26. The Morgan fingerprint density at radius 1 is 1.35 bits per heavy atom. The van der Waals surface area contributed by atoms with E-state index in [0.717, 1.165) is 11.0 Å². The van der Waals surface area contributed by atoms with Crippen LogP contribution in [0, 0.1) is 0 Å². The van der Waals surface area contributed by atoms with Crippen molar-refractivity contribution in [3.8, 4) is 0 Å². The van der Waals surface area contributed by atoms with Gasteiger partial charge in [0.1, 0.15) is 0 Å². The summed E-state index contributed by atoms with van der Waals surface area (Å²) >= 11 is 7.29. The molecule has 1 aromatic heterocycles. The second kappa shape index (κ2) is 6.30. The van der Waals surface area contributed by atoms with Gasteiger partial charge in [-0.3, -0.25) is 9.88 Å². The first-order chi connectivity index (χ1) is 8.16. The van der Waals surface area contributed by atoms with E-state index in [1.165, 1.54) is 31.2 Å². The summed E-state index contributed by atoms with van der Waals surface area (Å²) in [6.45, 7) is 0.971. The SMILES string of the molecule is CN(Cc1cncc(Br)c1)C1CCCCC1Br. The number of rotatable bonds is 3. The normalized spacial score (nSPS) is 25.2. The van der Waals surface area contributed by atoms with Crippen LogP contribution >= 0.6 is 31.9 Å². The fraction of sp³-hybridized carbons (Fsp3) is 0.615. The fourth-order valence-electron chi connectivity index (χ4n) is 2.51. The predicted molar refractivity (Wildman–Crippen MR) is 78.4 cm³/mol. The zero-order valence-corrected chi connectivity index (χ0v) is 13.2. The summed E-state index contributed by atoms with van der Waals surface area (Å²) < 4.78 is 1.06. The quantitative estimate of drug-likeness (QED) is 0.757. The largest absolute Gasteiger partial charge is 0.298 e. The van der Waals surface area contributed by atoms with Crippen LogP contribution in [0.15, 0.2) is 22.9 Å². The highest BCUT2D eigenvalue weighted by atomic mass is 79.9. The molecule has 1 aromatic rings. The number of aromatic nitrogens is 1. The molecule has 0 spiro atoms. The molecule has 1 saturated carbocycles. The third-order valence-electron chi connectivity index (χ3n) is 3.41. The minimum Gasteiger partial charge on any atom is -0.298 e. The minimum atomic E-state index is 0.640. The molecule has 0 radical (unpaired) electrons. The van der Waals surface area contributed by atoms with E-state index < -0.39 is 0 Å². The number of hydrogen-bond donors (Lipinski definition) is 0. The van der Waals surface area contributed by atoms with Gasteiger partial charge in [0.05, 0.1) is 0 Å². The molecule has 2 unspecified atom stereocenters. The third-order valence-corrected chi connectivity index (χ3v) is 4.91. The van der Waals surface area contributed by atoms with Gasteiger partial charge in [-0.25, -0.2) is 0 Å². The van der Waals surface area contributed by atoms with Crippen molar-refractivity contribution in [3.05, 3.63) is 28.5 Å². The Morgan fingerprint density at radius 3 is 2.82 bits per heavy atom. The Kier molecular flexibility index (Phi) is 5.00. The average molecular weight is 362 g/mol. The average Bonchev–Trinajstić information content (AvgIpc) is 2.29. The van der Waals surface area contributed by atoms with Crippen molar-refractivity contribution in [1.82, 2.24) is 9.88 Å². The molecule has 1 aliphatic rings. The summed E-state index contributed by atoms with van der Waals surface area (Å²) in [5, 5.41) is 0. The van der Waals surface area contributed by atoms with Crippen LogP contribution in [0.4, 0.5) is 0 Å². The monoisotopic (exact) mass is 360 g/mol. The van der Waals surface area contributed by atoms with Gasteiger partial charge in [0, 0.05) is 34.3 Å². The first-order valence-corrected chi connectivity index (χ1v) is 7.81. The molecule has 2 atom stereocenters. The maximum Gasteiger partial charge on any atom is 0.0410 e. The van der Waals surface area contributed by atoms with Crippen LogP contribution in [0.1, 0.15) is 31.2 Å². The van der Waals surface area contributed by atoms with Crippen LogP contribution in [-0.2, 0) is 6.54 Å². The molecule has 1 heterocycles. The zero-order valence-electron chi connectivity index (χ0n) is 10.1. The minimum absolute atomic E-state index is 0.640. The summed E-state index contributed by atoms with van der Waals surface area (Å²) in [6, 6.07) is 2.80. The van der Waals surface area contributed by atoms with Crippen molar-refractivity contribution in [1.29, 1.82) is 0 Å². The first kappa shape index (κ1) is 13.5. The van der Waals surface area contributed by atoms with Crippen molar-refractivity contribution < 1.29 is 0 Å². The molecular weight excluding hydrogens is 344 g/mol. The number of halogens is 2. The summed E-state index contributed by atoms with van der Waals surface area (Å²) in [5.74, 6) is 0. The molecule has 2 rings (SSSR count). The van der Waals surface area contributed by atoms with Crippen molar-refractivity contribution in [2.24, 2.45) is 0 Å². The van der Waals surface area contributed by atoms with Crippen molar-refractivity contribution in [2.75, 3.05) is 7.05 Å². The molecule has 4 heteroatoms. The van der Waals surface area contributed by atoms with Gasteiger partial charge in [-0.2, -0.15) is 0 Å². The fourth-order valence-corrected chi connectivity index (χ4v) is 3.91. The molecule has 0 N–H and O–H groups in total. The summed E-state index contributed by atoms with van der Waals surface area (Å²) in [5.41, 5.74) is 1.27. The highest BCUT2D eigenvalue weighted by Crippen LogP contribution is 2.28. The molecule has 0 saturated heterocycles. The highest BCUT2D eigenvalue weighted by molar-refractivity contribution is 9.10. The molecule has 0 amide bonds. The molecule has 0 aliphatic heterocycles. The summed E-state index contributed by atoms with van der Waals surface area (Å²) in [6.07, 6.45) is 9.09. The third kappa shape index (κ3) is 3.76. The number of pyridine rings is 1. The number of alkyl halides is 1. The van der Waals surface area contributed by atoms with E-state index in [1.54, 1.807) is 0 Å². The van der Waals surface area contributed by atoms with Crippen LogP contribution in [0.25, 0.3) is 0 Å². The van der Waals surface area contributed by atoms with Gasteiger partial charge in [-0.05, 0) is 47.4 Å². The maximum atomic E-state index is 4.22. The van der Waals surface area contributed by atoms with E-state index in [-0.39, 0.29) is 0 Å². The first-order valence-electron chi connectivity index (χ1n) is 6.10. The van der Waals surface area contributed by atoms with E-state index in [9.17, 15) is 0 Å². The van der Waals surface area contributed by atoms with Gasteiger partial charge in [0.25, 0.3) is 0 Å². The Balaban J connectivity index is 1.98. The lowest BCUT2D eigenvalue weighted by Crippen LogP contribution is -2.40. The number of nitrogens with zero attached hydrogens (tertiary/aromatic N) is 2. The molecule has 94 valence electrons.